The van der Waals surface area contributed by atoms with Gasteiger partial charge in [-0.3, -0.25) is 9.89 Å². The van der Waals surface area contributed by atoms with Gasteiger partial charge in [-0.15, -0.1) is 0 Å². The molecule has 1 unspecified atom stereocenters. The second kappa shape index (κ2) is 5.13. The van der Waals surface area contributed by atoms with Crippen LogP contribution in [0.1, 0.15) is 49.8 Å². The highest BCUT2D eigenvalue weighted by Crippen LogP contribution is 2.47. The van der Waals surface area contributed by atoms with Crippen LogP contribution in [0.4, 0.5) is 0 Å². The number of carbonyl (C=O) groups excluding carboxylic acids is 1. The highest BCUT2D eigenvalue weighted by atomic mass is 16.2. The summed E-state index contributed by atoms with van der Waals surface area (Å²) >= 11 is 0. The summed E-state index contributed by atoms with van der Waals surface area (Å²) in [7, 11) is 0. The Morgan fingerprint density at radius 1 is 1.29 bits per heavy atom. The summed E-state index contributed by atoms with van der Waals surface area (Å²) in [5.74, 6) is 0.323. The number of aromatic amines is 1. The minimum absolute atomic E-state index is 0.0495. The van der Waals surface area contributed by atoms with Gasteiger partial charge in [0.2, 0.25) is 5.91 Å². The van der Waals surface area contributed by atoms with Crippen molar-refractivity contribution in [3.8, 4) is 0 Å². The van der Waals surface area contributed by atoms with E-state index in [9.17, 15) is 4.79 Å². The Morgan fingerprint density at radius 2 is 2.14 bits per heavy atom. The topological polar surface area (TPSA) is 61.0 Å². The van der Waals surface area contributed by atoms with Crippen molar-refractivity contribution in [1.29, 1.82) is 0 Å². The number of hydrogen-bond acceptors (Lipinski definition) is 3. The van der Waals surface area contributed by atoms with E-state index in [2.05, 4.69) is 20.4 Å². The zero-order valence-corrected chi connectivity index (χ0v) is 12.5. The van der Waals surface area contributed by atoms with Crippen molar-refractivity contribution >= 4 is 5.91 Å². The van der Waals surface area contributed by atoms with Gasteiger partial charge in [-0.1, -0.05) is 12.8 Å². The van der Waals surface area contributed by atoms with Crippen LogP contribution in [0.15, 0.2) is 6.20 Å². The van der Waals surface area contributed by atoms with Gasteiger partial charge in [0.25, 0.3) is 0 Å². The van der Waals surface area contributed by atoms with E-state index in [1.807, 2.05) is 6.20 Å². The van der Waals surface area contributed by atoms with Crippen molar-refractivity contribution in [3.05, 3.63) is 17.5 Å². The van der Waals surface area contributed by atoms with Gasteiger partial charge in [-0.25, -0.2) is 0 Å². The molecule has 5 heteroatoms. The Labute approximate surface area is 125 Å². The van der Waals surface area contributed by atoms with Crippen LogP contribution in [-0.4, -0.2) is 40.1 Å². The van der Waals surface area contributed by atoms with Gasteiger partial charge in [-0.05, 0) is 44.1 Å². The maximum Gasteiger partial charge on any atom is 0.240 e. The van der Waals surface area contributed by atoms with E-state index < -0.39 is 0 Å². The van der Waals surface area contributed by atoms with Crippen molar-refractivity contribution < 1.29 is 4.79 Å². The maximum atomic E-state index is 13.1. The third-order valence-corrected chi connectivity index (χ3v) is 5.77. The molecule has 4 rings (SSSR count). The molecule has 1 aromatic heterocycles. The largest absolute Gasteiger partial charge is 0.337 e. The van der Waals surface area contributed by atoms with Crippen molar-refractivity contribution in [2.24, 2.45) is 5.41 Å². The number of fused-ring (bicyclic) bond motifs is 1. The van der Waals surface area contributed by atoms with Crippen LogP contribution in [0.5, 0.6) is 0 Å². The van der Waals surface area contributed by atoms with Gasteiger partial charge < -0.3 is 10.2 Å². The molecule has 1 saturated carbocycles. The van der Waals surface area contributed by atoms with Crippen molar-refractivity contribution in [3.63, 3.8) is 0 Å². The molecule has 2 fully saturated rings. The maximum absolute atomic E-state index is 13.1. The number of hydrogen-bond donors (Lipinski definition) is 2. The fraction of sp³-hybridized carbons (Fsp3) is 0.750. The SMILES string of the molecule is O=C(C1NCCC12CCCC2)N1CCCc2[nH]ncc2C1. The Balaban J connectivity index is 1.54. The van der Waals surface area contributed by atoms with Crippen molar-refractivity contribution in [2.75, 3.05) is 13.1 Å². The average molecular weight is 288 g/mol. The molecule has 21 heavy (non-hydrogen) atoms. The van der Waals surface area contributed by atoms with E-state index in [0.29, 0.717) is 5.91 Å². The molecule has 1 aliphatic carbocycles. The van der Waals surface area contributed by atoms with E-state index >= 15 is 0 Å². The number of aromatic nitrogens is 2. The number of rotatable bonds is 1. The van der Waals surface area contributed by atoms with E-state index in [-0.39, 0.29) is 11.5 Å². The molecule has 2 N–H and O–H groups in total. The van der Waals surface area contributed by atoms with Crippen LogP contribution < -0.4 is 5.32 Å². The minimum atomic E-state index is 0.0495. The molecule has 1 atom stereocenters. The molecular formula is C16H24N4O. The second-order valence-corrected chi connectivity index (χ2v) is 6.94. The molecule has 114 valence electrons. The smallest absolute Gasteiger partial charge is 0.240 e. The minimum Gasteiger partial charge on any atom is -0.337 e. The van der Waals surface area contributed by atoms with Crippen LogP contribution in [0, 0.1) is 5.41 Å². The van der Waals surface area contributed by atoms with E-state index in [1.165, 1.54) is 43.4 Å². The van der Waals surface area contributed by atoms with Crippen LogP contribution in [-0.2, 0) is 17.8 Å². The summed E-state index contributed by atoms with van der Waals surface area (Å²) in [6.45, 7) is 2.59. The van der Waals surface area contributed by atoms with Crippen LogP contribution in [0.2, 0.25) is 0 Å². The van der Waals surface area contributed by atoms with Crippen molar-refractivity contribution in [1.82, 2.24) is 20.4 Å². The predicted octanol–water partition coefficient (Wildman–Crippen LogP) is 1.61. The molecule has 1 aromatic rings. The molecular weight excluding hydrogens is 264 g/mol. The molecule has 3 aliphatic rings. The van der Waals surface area contributed by atoms with Crippen LogP contribution in [0.25, 0.3) is 0 Å². The average Bonchev–Trinajstić information content (AvgIpc) is 3.20. The lowest BCUT2D eigenvalue weighted by atomic mass is 9.78. The monoisotopic (exact) mass is 288 g/mol. The first-order chi connectivity index (χ1) is 10.3. The second-order valence-electron chi connectivity index (χ2n) is 6.94. The number of aryl methyl sites for hydroxylation is 1. The Morgan fingerprint density at radius 3 is 3.00 bits per heavy atom. The predicted molar refractivity (Wildman–Crippen MR) is 79.6 cm³/mol. The summed E-state index contributed by atoms with van der Waals surface area (Å²) in [4.78, 5) is 15.1. The number of H-pyrrole nitrogens is 1. The number of amides is 1. The standard InChI is InChI=1S/C16H24N4O/c21-15(14-16(7-8-17-14)5-1-2-6-16)20-9-3-4-13-12(11-20)10-18-19-13/h10,14,17H,1-9,11H2,(H,18,19). The summed E-state index contributed by atoms with van der Waals surface area (Å²) in [5, 5.41) is 10.7. The highest BCUT2D eigenvalue weighted by Gasteiger charge is 2.49. The summed E-state index contributed by atoms with van der Waals surface area (Å²) in [6, 6.07) is 0.0495. The summed E-state index contributed by atoms with van der Waals surface area (Å²) in [6.07, 6.45) is 10.1. The van der Waals surface area contributed by atoms with Gasteiger partial charge >= 0.3 is 0 Å². The van der Waals surface area contributed by atoms with Gasteiger partial charge in [0.1, 0.15) is 0 Å². The van der Waals surface area contributed by atoms with Crippen molar-refractivity contribution in [2.45, 2.75) is 57.5 Å². The third kappa shape index (κ3) is 2.18. The Bertz CT molecular complexity index is 527. The first kappa shape index (κ1) is 13.3. The first-order valence-electron chi connectivity index (χ1n) is 8.32. The molecule has 1 amide bonds. The fourth-order valence-corrected chi connectivity index (χ4v) is 4.59. The summed E-state index contributed by atoms with van der Waals surface area (Å²) < 4.78 is 0. The zero-order valence-electron chi connectivity index (χ0n) is 12.5. The molecule has 2 aliphatic heterocycles. The normalized spacial score (nSPS) is 27.8. The quantitative estimate of drug-likeness (QED) is 0.825. The lowest BCUT2D eigenvalue weighted by Crippen LogP contribution is -2.49. The third-order valence-electron chi connectivity index (χ3n) is 5.77. The molecule has 1 saturated heterocycles. The Hall–Kier alpha value is -1.36. The zero-order chi connectivity index (χ0) is 14.3. The van der Waals surface area contributed by atoms with E-state index in [4.69, 9.17) is 0 Å². The molecule has 3 heterocycles. The molecule has 0 aromatic carbocycles. The van der Waals surface area contributed by atoms with E-state index in [1.54, 1.807) is 0 Å². The molecule has 0 radical (unpaired) electrons. The van der Waals surface area contributed by atoms with Crippen LogP contribution >= 0.6 is 0 Å². The Kier molecular flexibility index (Phi) is 3.25. The van der Waals surface area contributed by atoms with E-state index in [0.717, 1.165) is 32.5 Å². The highest BCUT2D eigenvalue weighted by molar-refractivity contribution is 5.83. The first-order valence-corrected chi connectivity index (χ1v) is 8.32. The van der Waals surface area contributed by atoms with Gasteiger partial charge in [0, 0.05) is 24.3 Å². The van der Waals surface area contributed by atoms with Gasteiger partial charge in [0.15, 0.2) is 0 Å². The lowest BCUT2D eigenvalue weighted by Gasteiger charge is -2.33. The number of carbonyl (C=O) groups is 1. The van der Waals surface area contributed by atoms with Crippen LogP contribution in [0.3, 0.4) is 0 Å². The molecule has 0 bridgehead atoms. The lowest BCUT2D eigenvalue weighted by molar-refractivity contribution is -0.136. The molecule has 1 spiro atoms. The van der Waals surface area contributed by atoms with Gasteiger partial charge in [0.05, 0.1) is 12.2 Å². The fourth-order valence-electron chi connectivity index (χ4n) is 4.59. The summed E-state index contributed by atoms with van der Waals surface area (Å²) in [5.41, 5.74) is 2.65. The number of nitrogens with zero attached hydrogens (tertiary/aromatic N) is 2. The molecule has 5 nitrogen and oxygen atoms in total. The number of nitrogens with one attached hydrogen (secondary N) is 2. The van der Waals surface area contributed by atoms with Gasteiger partial charge in [-0.2, -0.15) is 5.10 Å².